The molecule has 1 spiro atoms. The van der Waals surface area contributed by atoms with Crippen LogP contribution in [0.3, 0.4) is 0 Å². The molecule has 8 heteroatoms. The molecule has 4 aliphatic rings. The summed E-state index contributed by atoms with van der Waals surface area (Å²) in [6.07, 6.45) is 12.3. The Morgan fingerprint density at radius 2 is 1.82 bits per heavy atom. The largest absolute Gasteiger partial charge is 0.396 e. The zero-order valence-corrected chi connectivity index (χ0v) is 23.2. The summed E-state index contributed by atoms with van der Waals surface area (Å²) in [5, 5.41) is 9.09. The highest BCUT2D eigenvalue weighted by Crippen LogP contribution is 2.61. The molecule has 2 saturated heterocycles. The van der Waals surface area contributed by atoms with E-state index in [1.165, 1.54) is 0 Å². The highest BCUT2D eigenvalue weighted by atomic mass is 32.2. The highest BCUT2D eigenvalue weighted by Gasteiger charge is 2.71. The molecule has 2 fully saturated rings. The number of amides is 3. The zero-order valence-electron chi connectivity index (χ0n) is 22.4. The maximum absolute atomic E-state index is 14.3. The molecule has 1 aromatic rings. The second-order valence-corrected chi connectivity index (χ2v) is 12.4. The van der Waals surface area contributed by atoms with Gasteiger partial charge < -0.3 is 19.8 Å². The number of nitrogens with zero attached hydrogens (tertiary/aromatic N) is 3. The Morgan fingerprint density at radius 1 is 1.03 bits per heavy atom. The van der Waals surface area contributed by atoms with E-state index < -0.39 is 22.6 Å². The molecule has 0 aromatic heterocycles. The van der Waals surface area contributed by atoms with Crippen molar-refractivity contribution in [3.05, 3.63) is 54.6 Å². The van der Waals surface area contributed by atoms with E-state index in [4.69, 9.17) is 0 Å². The molecule has 7 nitrogen and oxygen atoms in total. The Balaban J connectivity index is 1.54. The Labute approximate surface area is 229 Å². The summed E-state index contributed by atoms with van der Waals surface area (Å²) in [6.45, 7) is 5.77. The third-order valence-corrected chi connectivity index (χ3v) is 10.3. The molecule has 0 saturated carbocycles. The first-order valence-corrected chi connectivity index (χ1v) is 14.9. The lowest BCUT2D eigenvalue weighted by Gasteiger charge is -2.37. The van der Waals surface area contributed by atoms with E-state index in [0.29, 0.717) is 26.1 Å². The van der Waals surface area contributed by atoms with Crippen LogP contribution in [0.1, 0.15) is 46.0 Å². The second-order valence-electron chi connectivity index (χ2n) is 10.9. The number of aliphatic hydroxyl groups excluding tert-OH is 1. The van der Waals surface area contributed by atoms with E-state index in [0.717, 1.165) is 31.4 Å². The van der Waals surface area contributed by atoms with Crippen LogP contribution in [-0.2, 0) is 14.4 Å². The summed E-state index contributed by atoms with van der Waals surface area (Å²) >= 11 is 1.64. The van der Waals surface area contributed by atoms with Crippen molar-refractivity contribution in [3.8, 4) is 0 Å². The van der Waals surface area contributed by atoms with Crippen molar-refractivity contribution in [2.24, 2.45) is 11.8 Å². The molecule has 204 valence electrons. The molecule has 6 atom stereocenters. The van der Waals surface area contributed by atoms with Crippen molar-refractivity contribution < 1.29 is 19.5 Å². The molecular weight excluding hydrogens is 498 g/mol. The average molecular weight is 538 g/mol. The van der Waals surface area contributed by atoms with Gasteiger partial charge in [0.05, 0.1) is 16.6 Å². The van der Waals surface area contributed by atoms with E-state index in [-0.39, 0.29) is 35.6 Å². The lowest BCUT2D eigenvalue weighted by Crippen LogP contribution is -2.55. The van der Waals surface area contributed by atoms with Gasteiger partial charge in [-0.1, -0.05) is 55.8 Å². The lowest BCUT2D eigenvalue weighted by molar-refractivity contribution is -0.143. The molecule has 3 amide bonds. The summed E-state index contributed by atoms with van der Waals surface area (Å²) in [7, 11) is 0. The Bertz CT molecular complexity index is 1110. The lowest BCUT2D eigenvalue weighted by atomic mass is 9.78. The fraction of sp³-hybridized carbons (Fsp3) is 0.567. The number of thioether (sulfide) groups is 1. The molecule has 38 heavy (non-hydrogen) atoms. The fourth-order valence-corrected chi connectivity index (χ4v) is 8.78. The van der Waals surface area contributed by atoms with Crippen molar-refractivity contribution >= 4 is 35.2 Å². The van der Waals surface area contributed by atoms with Gasteiger partial charge >= 0.3 is 0 Å². The summed E-state index contributed by atoms with van der Waals surface area (Å²) in [5.41, 5.74) is 0.823. The van der Waals surface area contributed by atoms with Crippen LogP contribution >= 0.6 is 11.8 Å². The smallest absolute Gasteiger partial charge is 0.247 e. The van der Waals surface area contributed by atoms with E-state index >= 15 is 0 Å². The van der Waals surface area contributed by atoms with Crippen LogP contribution in [0, 0.1) is 11.8 Å². The highest BCUT2D eigenvalue weighted by molar-refractivity contribution is 8.02. The standard InChI is InChI=1S/C30H39N3O4S/c1-3-12-21(2)31-19-11-16-30-25(28(36)33(26(30)29(31)37)17-8-5-9-20-34)24-23(38-30)15-10-18-32(27(24)35)22-13-6-4-7-14-22/h4,6-7,10-11,13-16,21,23-26,34H,3,5,8-9,12,17-20H2,1-2H3/t21?,23-,24+,25+,26?,30+/m1/s1. The molecule has 1 N–H and O–H groups in total. The third-order valence-electron chi connectivity index (χ3n) is 8.55. The van der Waals surface area contributed by atoms with Crippen LogP contribution in [0.25, 0.3) is 0 Å². The zero-order chi connectivity index (χ0) is 26.9. The van der Waals surface area contributed by atoms with Crippen molar-refractivity contribution in [3.63, 3.8) is 0 Å². The molecule has 0 aliphatic carbocycles. The molecular formula is C30H39N3O4S. The number of aliphatic hydroxyl groups is 1. The number of para-hydroxylation sites is 1. The summed E-state index contributed by atoms with van der Waals surface area (Å²) < 4.78 is -0.777. The van der Waals surface area contributed by atoms with Gasteiger partial charge in [-0.2, -0.15) is 0 Å². The average Bonchev–Trinajstić information content (AvgIpc) is 3.22. The van der Waals surface area contributed by atoms with Gasteiger partial charge in [-0.15, -0.1) is 11.8 Å². The topological polar surface area (TPSA) is 81.2 Å². The number of anilines is 1. The van der Waals surface area contributed by atoms with E-state index in [2.05, 4.69) is 32.1 Å². The maximum atomic E-state index is 14.3. The minimum Gasteiger partial charge on any atom is -0.396 e. The number of hydrogen-bond donors (Lipinski definition) is 1. The number of carbonyl (C=O) groups is 3. The normalized spacial score (nSPS) is 31.2. The summed E-state index contributed by atoms with van der Waals surface area (Å²) in [4.78, 5) is 48.2. The SMILES string of the molecule is CCCC(C)N1CC=C[C@]23S[C@@H]4C=CCN(c5ccccc5)C(=O)[C@@H]4[C@H]2C(=O)N(CCCCCO)C3C1=O. The van der Waals surface area contributed by atoms with Gasteiger partial charge in [0.25, 0.3) is 0 Å². The number of unbranched alkanes of at least 4 members (excludes halogenated alkanes) is 2. The second kappa shape index (κ2) is 11.3. The number of carbonyl (C=O) groups excluding carboxylic acids is 3. The van der Waals surface area contributed by atoms with Crippen LogP contribution in [0.4, 0.5) is 5.69 Å². The van der Waals surface area contributed by atoms with Gasteiger partial charge in [-0.05, 0) is 44.7 Å². The maximum Gasteiger partial charge on any atom is 0.247 e. The molecule has 0 radical (unpaired) electrons. The van der Waals surface area contributed by atoms with Crippen LogP contribution in [0.15, 0.2) is 54.6 Å². The van der Waals surface area contributed by atoms with Gasteiger partial charge in [0.15, 0.2) is 0 Å². The van der Waals surface area contributed by atoms with Crippen LogP contribution in [-0.4, -0.2) is 80.9 Å². The molecule has 4 aliphatic heterocycles. The Kier molecular flexibility index (Phi) is 8.00. The first-order chi connectivity index (χ1) is 18.4. The van der Waals surface area contributed by atoms with Gasteiger partial charge in [-0.3, -0.25) is 14.4 Å². The molecule has 4 heterocycles. The summed E-state index contributed by atoms with van der Waals surface area (Å²) in [6, 6.07) is 9.07. The van der Waals surface area contributed by atoms with E-state index in [1.807, 2.05) is 41.3 Å². The first-order valence-electron chi connectivity index (χ1n) is 14.0. The van der Waals surface area contributed by atoms with Crippen molar-refractivity contribution in [2.75, 3.05) is 31.1 Å². The van der Waals surface area contributed by atoms with Gasteiger partial charge in [0, 0.05) is 43.2 Å². The van der Waals surface area contributed by atoms with E-state index in [1.54, 1.807) is 21.6 Å². The predicted octanol–water partition coefficient (Wildman–Crippen LogP) is 3.64. The Hall–Kier alpha value is -2.58. The van der Waals surface area contributed by atoms with E-state index in [9.17, 15) is 19.5 Å². The molecule has 0 bridgehead atoms. The van der Waals surface area contributed by atoms with Crippen molar-refractivity contribution in [1.29, 1.82) is 0 Å². The van der Waals surface area contributed by atoms with Crippen LogP contribution in [0.5, 0.6) is 0 Å². The number of benzene rings is 1. The molecule has 1 aromatic carbocycles. The number of rotatable bonds is 9. The minimum absolute atomic E-state index is 0.00531. The van der Waals surface area contributed by atoms with Crippen LogP contribution < -0.4 is 4.90 Å². The number of fused-ring (bicyclic) bond motifs is 2. The van der Waals surface area contributed by atoms with Crippen molar-refractivity contribution in [2.45, 2.75) is 68.0 Å². The van der Waals surface area contributed by atoms with Gasteiger partial charge in [0.2, 0.25) is 17.7 Å². The molecule has 2 unspecified atom stereocenters. The van der Waals surface area contributed by atoms with Gasteiger partial charge in [0.1, 0.15) is 6.04 Å². The fourth-order valence-electron chi connectivity index (χ4n) is 6.77. The molecule has 5 rings (SSSR count). The van der Waals surface area contributed by atoms with Crippen molar-refractivity contribution in [1.82, 2.24) is 9.80 Å². The Morgan fingerprint density at radius 3 is 2.55 bits per heavy atom. The summed E-state index contributed by atoms with van der Waals surface area (Å²) in [5.74, 6) is -1.26. The minimum atomic E-state index is -0.777. The monoisotopic (exact) mass is 537 g/mol. The predicted molar refractivity (Wildman–Crippen MR) is 151 cm³/mol. The quantitative estimate of drug-likeness (QED) is 0.384. The van der Waals surface area contributed by atoms with Crippen LogP contribution in [0.2, 0.25) is 0 Å². The third kappa shape index (κ3) is 4.49. The van der Waals surface area contributed by atoms with Gasteiger partial charge in [-0.25, -0.2) is 0 Å². The number of likely N-dealkylation sites (tertiary alicyclic amines) is 1. The number of hydrogen-bond acceptors (Lipinski definition) is 5. The first kappa shape index (κ1) is 27.0.